The van der Waals surface area contributed by atoms with E-state index in [1.807, 2.05) is 48.5 Å². The van der Waals surface area contributed by atoms with Crippen molar-refractivity contribution < 1.29 is 9.47 Å². The number of benzene rings is 3. The fourth-order valence-electron chi connectivity index (χ4n) is 3.31. The average Bonchev–Trinajstić information content (AvgIpc) is 3.10. The van der Waals surface area contributed by atoms with Crippen LogP contribution in [0.3, 0.4) is 0 Å². The molecule has 1 heterocycles. The van der Waals surface area contributed by atoms with Crippen molar-refractivity contribution in [2.24, 2.45) is 0 Å². The van der Waals surface area contributed by atoms with Crippen molar-refractivity contribution in [3.63, 3.8) is 0 Å². The van der Waals surface area contributed by atoms with Crippen molar-refractivity contribution in [3.8, 4) is 39.7 Å². The summed E-state index contributed by atoms with van der Waals surface area (Å²) in [5.41, 5.74) is 3.42. The van der Waals surface area contributed by atoms with Gasteiger partial charge in [0.05, 0.1) is 35.6 Å². The molecule has 0 unspecified atom stereocenters. The molecule has 3 aromatic carbocycles. The predicted octanol–water partition coefficient (Wildman–Crippen LogP) is 7.18. The summed E-state index contributed by atoms with van der Waals surface area (Å²) < 4.78 is 12.8. The highest BCUT2D eigenvalue weighted by molar-refractivity contribution is 6.37. The predicted molar refractivity (Wildman–Crippen MR) is 123 cm³/mol. The quantitative estimate of drug-likeness (QED) is 0.317. The zero-order valence-corrected chi connectivity index (χ0v) is 18.5. The molecular weight excluding hydrogens is 443 g/mol. The summed E-state index contributed by atoms with van der Waals surface area (Å²) in [6.45, 7) is 0. The van der Waals surface area contributed by atoms with E-state index >= 15 is 0 Å². The fraction of sp³-hybridized carbons (Fsp3) is 0.0870. The number of methoxy groups -OCH3 is 2. The van der Waals surface area contributed by atoms with Gasteiger partial charge < -0.3 is 9.47 Å². The Kier molecular flexibility index (Phi) is 5.91. The molecule has 0 fully saturated rings. The zero-order chi connectivity index (χ0) is 21.3. The molecule has 0 bridgehead atoms. The van der Waals surface area contributed by atoms with Crippen molar-refractivity contribution in [1.29, 1.82) is 0 Å². The largest absolute Gasteiger partial charge is 0.496 e. The Balaban J connectivity index is 2.06. The summed E-state index contributed by atoms with van der Waals surface area (Å²) in [4.78, 5) is 0. The van der Waals surface area contributed by atoms with Crippen LogP contribution in [0.2, 0.25) is 15.1 Å². The lowest BCUT2D eigenvalue weighted by Crippen LogP contribution is -2.01. The molecule has 0 amide bonds. The highest BCUT2D eigenvalue weighted by Gasteiger charge is 2.25. The van der Waals surface area contributed by atoms with E-state index in [2.05, 4.69) is 0 Å². The lowest BCUT2D eigenvalue weighted by Gasteiger charge is -2.12. The number of hydrogen-bond donors (Lipinski definition) is 0. The Hall–Kier alpha value is -2.66. The summed E-state index contributed by atoms with van der Waals surface area (Å²) >= 11 is 19.5. The maximum absolute atomic E-state index is 6.93. The van der Waals surface area contributed by atoms with E-state index < -0.39 is 0 Å². The minimum absolute atomic E-state index is 0.449. The van der Waals surface area contributed by atoms with Crippen LogP contribution in [-0.2, 0) is 0 Å². The number of rotatable bonds is 5. The van der Waals surface area contributed by atoms with Gasteiger partial charge in [-0.2, -0.15) is 5.10 Å². The summed E-state index contributed by atoms with van der Waals surface area (Å²) in [7, 11) is 3.23. The van der Waals surface area contributed by atoms with Crippen LogP contribution in [0.4, 0.5) is 0 Å². The molecule has 4 aromatic rings. The molecule has 7 heteroatoms. The Morgan fingerprint density at radius 2 is 1.37 bits per heavy atom. The van der Waals surface area contributed by atoms with Crippen LogP contribution in [0, 0.1) is 0 Å². The van der Waals surface area contributed by atoms with E-state index in [1.165, 1.54) is 0 Å². The van der Waals surface area contributed by atoms with Gasteiger partial charge in [0.1, 0.15) is 17.2 Å². The third-order valence-electron chi connectivity index (χ3n) is 4.69. The van der Waals surface area contributed by atoms with Crippen LogP contribution in [0.15, 0.2) is 66.7 Å². The van der Waals surface area contributed by atoms with Gasteiger partial charge in [-0.15, -0.1) is 0 Å². The van der Waals surface area contributed by atoms with Gasteiger partial charge in [0, 0.05) is 16.1 Å². The first kappa shape index (κ1) is 20.6. The molecule has 4 nitrogen and oxygen atoms in total. The summed E-state index contributed by atoms with van der Waals surface area (Å²) in [5, 5.41) is 6.26. The molecular formula is C23H17Cl3N2O2. The van der Waals surface area contributed by atoms with Gasteiger partial charge in [0.25, 0.3) is 0 Å². The van der Waals surface area contributed by atoms with Crippen molar-refractivity contribution in [1.82, 2.24) is 9.78 Å². The molecule has 0 aliphatic carbocycles. The molecule has 0 aliphatic rings. The highest BCUT2D eigenvalue weighted by atomic mass is 35.5. The molecule has 0 radical (unpaired) electrons. The van der Waals surface area contributed by atoms with Crippen LogP contribution in [0.1, 0.15) is 0 Å². The second-order valence-corrected chi connectivity index (χ2v) is 7.64. The standard InChI is InChI=1S/C23H17Cl3N2O2/c1-29-19-9-5-3-7-15(19)22-21(26)23(16-8-4-6-10-20(16)30-2)28(27-22)18-12-11-14(24)13-17(18)25/h3-13H,1-2H3. The zero-order valence-electron chi connectivity index (χ0n) is 16.2. The molecule has 152 valence electrons. The second-order valence-electron chi connectivity index (χ2n) is 6.42. The second kappa shape index (κ2) is 8.60. The normalized spacial score (nSPS) is 10.8. The highest BCUT2D eigenvalue weighted by Crippen LogP contribution is 2.44. The molecule has 4 rings (SSSR count). The summed E-state index contributed by atoms with van der Waals surface area (Å²) in [6, 6.07) is 20.4. The number of ether oxygens (including phenoxy) is 2. The van der Waals surface area contributed by atoms with Gasteiger partial charge in [-0.1, -0.05) is 59.1 Å². The maximum atomic E-state index is 6.93. The van der Waals surface area contributed by atoms with Crippen LogP contribution in [-0.4, -0.2) is 24.0 Å². The first-order valence-electron chi connectivity index (χ1n) is 9.06. The molecule has 1 aromatic heterocycles. The van der Waals surface area contributed by atoms with Gasteiger partial charge in [-0.05, 0) is 42.5 Å². The number of halogens is 3. The number of nitrogens with zero attached hydrogens (tertiary/aromatic N) is 2. The minimum Gasteiger partial charge on any atom is -0.496 e. The number of hydrogen-bond acceptors (Lipinski definition) is 3. The lowest BCUT2D eigenvalue weighted by atomic mass is 10.1. The van der Waals surface area contributed by atoms with E-state index in [4.69, 9.17) is 49.4 Å². The number of aromatic nitrogens is 2. The molecule has 0 atom stereocenters. The molecule has 0 saturated heterocycles. The third kappa shape index (κ3) is 3.63. The molecule has 0 N–H and O–H groups in total. The van der Waals surface area contributed by atoms with Crippen molar-refractivity contribution in [2.45, 2.75) is 0 Å². The van der Waals surface area contributed by atoms with Crippen molar-refractivity contribution >= 4 is 34.8 Å². The Morgan fingerprint density at radius 3 is 2.00 bits per heavy atom. The van der Waals surface area contributed by atoms with Crippen molar-refractivity contribution in [3.05, 3.63) is 81.8 Å². The van der Waals surface area contributed by atoms with Gasteiger partial charge in [0.2, 0.25) is 0 Å². The van der Waals surface area contributed by atoms with E-state index in [9.17, 15) is 0 Å². The van der Waals surface area contributed by atoms with E-state index in [1.54, 1.807) is 37.1 Å². The smallest absolute Gasteiger partial charge is 0.128 e. The van der Waals surface area contributed by atoms with E-state index in [0.29, 0.717) is 43.6 Å². The summed E-state index contributed by atoms with van der Waals surface area (Å²) in [5.74, 6) is 1.33. The fourth-order valence-corrected chi connectivity index (χ4v) is 4.12. The van der Waals surface area contributed by atoms with Gasteiger partial charge in [-0.25, -0.2) is 4.68 Å². The topological polar surface area (TPSA) is 36.3 Å². The van der Waals surface area contributed by atoms with Crippen LogP contribution < -0.4 is 9.47 Å². The van der Waals surface area contributed by atoms with Crippen molar-refractivity contribution in [2.75, 3.05) is 14.2 Å². The molecule has 0 spiro atoms. The lowest BCUT2D eigenvalue weighted by molar-refractivity contribution is 0.416. The average molecular weight is 460 g/mol. The van der Waals surface area contributed by atoms with Crippen LogP contribution in [0.25, 0.3) is 28.2 Å². The Morgan fingerprint density at radius 1 is 0.767 bits per heavy atom. The monoisotopic (exact) mass is 458 g/mol. The number of para-hydroxylation sites is 2. The van der Waals surface area contributed by atoms with Gasteiger partial charge >= 0.3 is 0 Å². The van der Waals surface area contributed by atoms with Crippen LogP contribution in [0.5, 0.6) is 11.5 Å². The minimum atomic E-state index is 0.449. The Bertz CT molecular complexity index is 1220. The molecule has 0 aliphatic heterocycles. The van der Waals surface area contributed by atoms with E-state index in [0.717, 1.165) is 11.1 Å². The van der Waals surface area contributed by atoms with Crippen LogP contribution >= 0.6 is 34.8 Å². The van der Waals surface area contributed by atoms with Gasteiger partial charge in [0.15, 0.2) is 0 Å². The summed E-state index contributed by atoms with van der Waals surface area (Å²) in [6.07, 6.45) is 0. The maximum Gasteiger partial charge on any atom is 0.128 e. The molecule has 0 saturated carbocycles. The van der Waals surface area contributed by atoms with Gasteiger partial charge in [-0.3, -0.25) is 0 Å². The third-order valence-corrected chi connectivity index (χ3v) is 5.59. The SMILES string of the molecule is COc1ccccc1-c1nn(-c2ccc(Cl)cc2Cl)c(-c2ccccc2OC)c1Cl. The molecule has 30 heavy (non-hydrogen) atoms. The Labute approximate surface area is 189 Å². The van der Waals surface area contributed by atoms with E-state index in [-0.39, 0.29) is 0 Å². The first-order chi connectivity index (χ1) is 14.5. The first-order valence-corrected chi connectivity index (χ1v) is 10.2.